The Kier molecular flexibility index (Phi) is 18.6. The third kappa shape index (κ3) is 12.3. The van der Waals surface area contributed by atoms with Crippen molar-refractivity contribution in [3.8, 4) is 34.2 Å². The molecule has 0 amide bonds. The van der Waals surface area contributed by atoms with E-state index < -0.39 is 0 Å². The largest absolute Gasteiger partial charge is 0.393 e. The van der Waals surface area contributed by atoms with Gasteiger partial charge in [0.2, 0.25) is 0 Å². The molecular weight excluding hydrogens is 1230 g/mol. The van der Waals surface area contributed by atoms with Gasteiger partial charge in [0.15, 0.2) is 11.4 Å². The third-order valence-corrected chi connectivity index (χ3v) is 11.9. The van der Waals surface area contributed by atoms with Crippen LogP contribution in [0.4, 0.5) is 11.4 Å². The van der Waals surface area contributed by atoms with Gasteiger partial charge in [0.25, 0.3) is 0 Å². The number of fused-ring (bicyclic) bond motifs is 6. The van der Waals surface area contributed by atoms with Crippen LogP contribution in [0.5, 0.6) is 0 Å². The molecule has 362 valence electrons. The number of aliphatic hydroxyl groups is 2. The van der Waals surface area contributed by atoms with E-state index in [1.54, 1.807) is 13.8 Å². The minimum Gasteiger partial charge on any atom is -0.393 e. The second kappa shape index (κ2) is 24.5. The molecule has 0 aliphatic heterocycles. The summed E-state index contributed by atoms with van der Waals surface area (Å²) >= 11 is 0. The average molecular weight is 1290 g/mol. The summed E-state index contributed by atoms with van der Waals surface area (Å²) in [6, 6.07) is 59.1. The van der Waals surface area contributed by atoms with E-state index in [4.69, 9.17) is 33.3 Å². The van der Waals surface area contributed by atoms with E-state index in [9.17, 15) is 0 Å². The fourth-order valence-electron chi connectivity index (χ4n) is 9.06. The Bertz CT molecular complexity index is 3240. The second-order valence-corrected chi connectivity index (χ2v) is 18.5. The zero-order valence-electron chi connectivity index (χ0n) is 40.8. The number of aromatic nitrogens is 4. The van der Waals surface area contributed by atoms with Gasteiger partial charge in [-0.25, -0.2) is 14.7 Å². The van der Waals surface area contributed by atoms with Gasteiger partial charge < -0.3 is 14.8 Å². The SMILES string of the molecule is CC(O)CC(C)O.[C-]#[N+]c1ccc(-n2c(-c3[c-]cccc3)nc3ccc4ccccc4c32)c(CC(C)C)c1.[C-]#[N+]c1ccc(-n2c(-c3ccccc3)nc3ccc4ccccc4c32)c(CC(C)C)c1.[Ir].[Ir]. The summed E-state index contributed by atoms with van der Waals surface area (Å²) in [5.41, 5.74) is 12.0. The number of benzene rings is 8. The normalized spacial score (nSPS) is 11.7. The van der Waals surface area contributed by atoms with Crippen LogP contribution in [-0.2, 0) is 53.1 Å². The van der Waals surface area contributed by atoms with Gasteiger partial charge in [-0.3, -0.25) is 9.55 Å². The second-order valence-electron chi connectivity index (χ2n) is 18.5. The molecule has 0 fully saturated rings. The van der Waals surface area contributed by atoms with Crippen LogP contribution in [0.2, 0.25) is 0 Å². The van der Waals surface area contributed by atoms with Gasteiger partial charge in [-0.2, -0.15) is 0 Å². The van der Waals surface area contributed by atoms with Crippen LogP contribution in [0.1, 0.15) is 59.1 Å². The van der Waals surface area contributed by atoms with Crippen molar-refractivity contribution in [2.24, 2.45) is 11.8 Å². The molecule has 0 saturated carbocycles. The number of rotatable bonds is 10. The number of hydrogen-bond acceptors (Lipinski definition) is 4. The first kappa shape index (κ1) is 53.8. The molecule has 2 aromatic heterocycles. The van der Waals surface area contributed by atoms with Crippen LogP contribution in [0.15, 0.2) is 164 Å². The fraction of sp³-hybridized carbons (Fsp3) is 0.213. The van der Waals surface area contributed by atoms with Crippen molar-refractivity contribution in [3.63, 3.8) is 0 Å². The van der Waals surface area contributed by atoms with E-state index in [1.807, 2.05) is 60.7 Å². The maximum Gasteiger partial charge on any atom is 0.187 e. The molecule has 2 N–H and O–H groups in total. The summed E-state index contributed by atoms with van der Waals surface area (Å²) in [4.78, 5) is 17.5. The van der Waals surface area contributed by atoms with Crippen molar-refractivity contribution in [1.29, 1.82) is 0 Å². The summed E-state index contributed by atoms with van der Waals surface area (Å²) in [6.07, 6.45) is 1.51. The molecule has 0 aliphatic rings. The molecule has 0 saturated heterocycles. The fourth-order valence-corrected chi connectivity index (χ4v) is 9.06. The average Bonchev–Trinajstić information content (AvgIpc) is 3.94. The molecule has 0 spiro atoms. The zero-order chi connectivity index (χ0) is 48.6. The summed E-state index contributed by atoms with van der Waals surface area (Å²) in [5.74, 6) is 2.74. The smallest absolute Gasteiger partial charge is 0.187 e. The molecule has 2 unspecified atom stereocenters. The van der Waals surface area contributed by atoms with Gasteiger partial charge in [0.05, 0.1) is 53.2 Å². The minimum atomic E-state index is -0.375. The Morgan fingerprint density at radius 1 is 0.521 bits per heavy atom. The number of aliphatic hydroxyl groups excluding tert-OH is 2. The van der Waals surface area contributed by atoms with Crippen molar-refractivity contribution in [3.05, 3.63) is 204 Å². The predicted molar refractivity (Wildman–Crippen MR) is 284 cm³/mol. The van der Waals surface area contributed by atoms with Crippen molar-refractivity contribution < 1.29 is 50.4 Å². The van der Waals surface area contributed by atoms with Crippen molar-refractivity contribution >= 4 is 55.0 Å². The number of nitrogens with zero attached hydrogens (tertiary/aromatic N) is 6. The third-order valence-electron chi connectivity index (χ3n) is 11.9. The summed E-state index contributed by atoms with van der Waals surface area (Å²) in [6.45, 7) is 27.1. The van der Waals surface area contributed by atoms with Gasteiger partial charge in [0.1, 0.15) is 5.82 Å². The van der Waals surface area contributed by atoms with Crippen molar-refractivity contribution in [2.45, 2.75) is 73.0 Å². The molecule has 71 heavy (non-hydrogen) atoms. The zero-order valence-corrected chi connectivity index (χ0v) is 45.6. The van der Waals surface area contributed by atoms with E-state index in [0.717, 1.165) is 74.6 Å². The van der Waals surface area contributed by atoms with Crippen LogP contribution < -0.4 is 0 Å². The van der Waals surface area contributed by atoms with E-state index >= 15 is 0 Å². The molecule has 2 radical (unpaired) electrons. The van der Waals surface area contributed by atoms with Gasteiger partial charge in [0, 0.05) is 67.9 Å². The minimum absolute atomic E-state index is 0. The van der Waals surface area contributed by atoms with Crippen molar-refractivity contribution in [1.82, 2.24) is 19.1 Å². The first-order valence-corrected chi connectivity index (χ1v) is 23.6. The van der Waals surface area contributed by atoms with Crippen LogP contribution in [0, 0.1) is 31.0 Å². The predicted octanol–water partition coefficient (Wildman–Crippen LogP) is 15.1. The number of imidazole rings is 2. The first-order valence-electron chi connectivity index (χ1n) is 23.6. The van der Waals surface area contributed by atoms with E-state index in [0.29, 0.717) is 29.6 Å². The molecule has 10 aromatic rings. The summed E-state index contributed by atoms with van der Waals surface area (Å²) < 4.78 is 4.55. The van der Waals surface area contributed by atoms with E-state index in [1.165, 1.54) is 27.1 Å². The molecule has 8 nitrogen and oxygen atoms in total. The Labute approximate surface area is 444 Å². The Balaban J connectivity index is 0.000000200. The molecule has 10 heteroatoms. The molecule has 0 aliphatic carbocycles. The number of hydrogen-bond donors (Lipinski definition) is 2. The van der Waals surface area contributed by atoms with Crippen molar-refractivity contribution in [2.75, 3.05) is 0 Å². The maximum absolute atomic E-state index is 8.56. The molecule has 2 heterocycles. The van der Waals surface area contributed by atoms with Gasteiger partial charge >= 0.3 is 0 Å². The van der Waals surface area contributed by atoms with Gasteiger partial charge in [-0.1, -0.05) is 143 Å². The van der Waals surface area contributed by atoms with Crippen LogP contribution in [0.3, 0.4) is 0 Å². The first-order chi connectivity index (χ1) is 33.4. The summed E-state index contributed by atoms with van der Waals surface area (Å²) in [7, 11) is 0. The quantitative estimate of drug-likeness (QED) is 0.134. The Morgan fingerprint density at radius 2 is 0.972 bits per heavy atom. The monoisotopic (exact) mass is 1290 g/mol. The van der Waals surface area contributed by atoms with Crippen LogP contribution in [-0.4, -0.2) is 41.5 Å². The Hall–Kier alpha value is -6.58. The standard InChI is InChI=1S/C28H23N3.C28H22N3.C5H12O2.2Ir/c2*1-19(2)17-22-18-23(29-3)14-16-26(22)31-27-24-12-8-7-9-20(24)13-15-25(27)30-28(31)21-10-5-4-6-11-21;1-4(6)3-5(2)7;;/h4-16,18-19H,17H2,1-2H3;4-10,12-16,18-19H,17H2,1-2H3;4-7H,3H2,1-2H3;;/q;-1;;;. The van der Waals surface area contributed by atoms with Crippen LogP contribution in [0.25, 0.3) is 87.5 Å². The van der Waals surface area contributed by atoms with Gasteiger partial charge in [-0.15, -0.1) is 35.9 Å². The summed E-state index contributed by atoms with van der Waals surface area (Å²) in [5, 5.41) is 21.8. The molecule has 8 aromatic carbocycles. The van der Waals surface area contributed by atoms with Crippen LogP contribution >= 0.6 is 0 Å². The topological polar surface area (TPSA) is 84.8 Å². The molecule has 2 atom stereocenters. The van der Waals surface area contributed by atoms with Gasteiger partial charge in [-0.05, 0) is 91.1 Å². The molecule has 0 bridgehead atoms. The van der Waals surface area contributed by atoms with E-state index in [-0.39, 0.29) is 52.4 Å². The Morgan fingerprint density at radius 3 is 1.41 bits per heavy atom. The molecular formula is C61H57Ir2N6O2-. The maximum atomic E-state index is 8.56. The van der Waals surface area contributed by atoms with E-state index in [2.05, 4.69) is 156 Å². The molecule has 10 rings (SSSR count).